The first kappa shape index (κ1) is 30.2. The van der Waals surface area contributed by atoms with E-state index in [0.717, 1.165) is 47.6 Å². The first-order valence-electron chi connectivity index (χ1n) is 14.8. The minimum atomic E-state index is -0.772. The van der Waals surface area contributed by atoms with Gasteiger partial charge in [0.25, 0.3) is 0 Å². The van der Waals surface area contributed by atoms with Crippen molar-refractivity contribution in [3.8, 4) is 10.4 Å². The number of hydrogen-bond acceptors (Lipinski definition) is 9. The molecule has 10 nitrogen and oxygen atoms in total. The number of aliphatic hydroxyl groups excluding tert-OH is 1. The molecule has 1 aromatic carbocycles. The molecule has 226 valence electrons. The van der Waals surface area contributed by atoms with Crippen LogP contribution >= 0.6 is 11.3 Å². The summed E-state index contributed by atoms with van der Waals surface area (Å²) in [6.45, 7) is 9.87. The lowest BCUT2D eigenvalue weighted by Crippen LogP contribution is -2.48. The largest absolute Gasteiger partial charge is 0.391 e. The molecule has 3 aromatic rings. The monoisotopic (exact) mass is 594 g/mol. The van der Waals surface area contributed by atoms with Gasteiger partial charge in [0.1, 0.15) is 12.0 Å². The molecule has 4 heterocycles. The van der Waals surface area contributed by atoms with Crippen molar-refractivity contribution in [2.75, 3.05) is 31.6 Å². The van der Waals surface area contributed by atoms with E-state index in [-0.39, 0.29) is 36.7 Å². The SMILES string of the molecule is Cc1ncsc1-c1ccc([C@H](C)NC(=O)[C@@H]2C[C@@H](O)CN2C(=O)[C@@H](c2cc(N(C)C3CCNCC3)no2)C(C)C)cc1. The summed E-state index contributed by atoms with van der Waals surface area (Å²) in [6.07, 6.45) is 1.45. The molecule has 0 spiro atoms. The summed E-state index contributed by atoms with van der Waals surface area (Å²) in [7, 11) is 2.01. The number of β-amino-alcohol motifs (C(OH)–C–C–N with tert-alkyl or cyclic N) is 1. The van der Waals surface area contributed by atoms with Crippen molar-refractivity contribution >= 4 is 29.0 Å². The van der Waals surface area contributed by atoms with E-state index in [9.17, 15) is 14.7 Å². The van der Waals surface area contributed by atoms with Crippen molar-refractivity contribution in [3.63, 3.8) is 0 Å². The van der Waals surface area contributed by atoms with Crippen LogP contribution in [0.3, 0.4) is 0 Å². The Bertz CT molecular complexity index is 1370. The van der Waals surface area contributed by atoms with Crippen LogP contribution in [0.25, 0.3) is 10.4 Å². The maximum absolute atomic E-state index is 14.0. The second-order valence-corrected chi connectivity index (χ2v) is 12.8. The van der Waals surface area contributed by atoms with E-state index >= 15 is 0 Å². The molecule has 2 aromatic heterocycles. The van der Waals surface area contributed by atoms with E-state index in [1.807, 2.05) is 70.6 Å². The number of nitrogens with zero attached hydrogens (tertiary/aromatic N) is 4. The average molecular weight is 595 g/mol. The molecule has 2 amide bonds. The van der Waals surface area contributed by atoms with Crippen molar-refractivity contribution in [1.82, 2.24) is 25.7 Å². The maximum Gasteiger partial charge on any atom is 0.243 e. The number of rotatable bonds is 9. The highest BCUT2D eigenvalue weighted by Crippen LogP contribution is 2.34. The molecule has 0 aliphatic carbocycles. The maximum atomic E-state index is 14.0. The molecule has 2 fully saturated rings. The van der Waals surface area contributed by atoms with Crippen LogP contribution in [-0.2, 0) is 9.59 Å². The Morgan fingerprint density at radius 2 is 1.90 bits per heavy atom. The molecule has 3 N–H and O–H groups in total. The summed E-state index contributed by atoms with van der Waals surface area (Å²) in [5, 5.41) is 21.3. The number of aryl methyl sites for hydroxylation is 1. The van der Waals surface area contributed by atoms with Gasteiger partial charge in [-0.15, -0.1) is 11.3 Å². The standard InChI is InChI=1S/C31H42N6O4S/c1-18(2)28(26-15-27(35-41-26)36(5)23-10-12-32-13-11-23)31(40)37-16-24(38)14-25(37)30(39)34-19(3)21-6-8-22(9-7-21)29-20(4)33-17-42-29/h6-9,15,17-19,23-25,28,32,38H,10-14,16H2,1-5H3,(H,34,39)/t19-,24+,25-,28+/m0/s1. The Balaban J connectivity index is 1.28. The number of nitrogens with one attached hydrogen (secondary N) is 2. The summed E-state index contributed by atoms with van der Waals surface area (Å²) in [4.78, 5) is 36.6. The van der Waals surface area contributed by atoms with E-state index in [1.54, 1.807) is 11.3 Å². The molecule has 0 radical (unpaired) electrons. The lowest BCUT2D eigenvalue weighted by atomic mass is 9.91. The molecular formula is C31H42N6O4S. The number of aromatic nitrogens is 2. The van der Waals surface area contributed by atoms with E-state index in [2.05, 4.69) is 25.7 Å². The number of thiazole rings is 1. The first-order chi connectivity index (χ1) is 20.1. The van der Waals surface area contributed by atoms with Crippen molar-refractivity contribution in [3.05, 3.63) is 52.9 Å². The van der Waals surface area contributed by atoms with Crippen LogP contribution in [-0.4, -0.2) is 76.8 Å². The van der Waals surface area contributed by atoms with Gasteiger partial charge in [-0.2, -0.15) is 0 Å². The summed E-state index contributed by atoms with van der Waals surface area (Å²) in [5.74, 6) is -0.0311. The number of piperidine rings is 1. The van der Waals surface area contributed by atoms with Crippen LogP contribution in [0.5, 0.6) is 0 Å². The molecule has 2 aliphatic rings. The number of likely N-dealkylation sites (tertiary alicyclic amines) is 1. The fraction of sp³-hybridized carbons (Fsp3) is 0.548. The van der Waals surface area contributed by atoms with Gasteiger partial charge in [0.05, 0.1) is 28.2 Å². The molecule has 0 saturated carbocycles. The summed E-state index contributed by atoms with van der Waals surface area (Å²) < 4.78 is 5.75. The highest BCUT2D eigenvalue weighted by molar-refractivity contribution is 7.13. The quantitative estimate of drug-likeness (QED) is 0.341. The number of carbonyl (C=O) groups is 2. The Labute approximate surface area is 251 Å². The van der Waals surface area contributed by atoms with Crippen molar-refractivity contribution in [2.24, 2.45) is 5.92 Å². The smallest absolute Gasteiger partial charge is 0.243 e. The fourth-order valence-corrected chi connectivity index (χ4v) is 6.90. The topological polar surface area (TPSA) is 124 Å². The van der Waals surface area contributed by atoms with Gasteiger partial charge in [0, 0.05) is 32.1 Å². The molecule has 5 rings (SSSR count). The lowest BCUT2D eigenvalue weighted by Gasteiger charge is -2.31. The third kappa shape index (κ3) is 6.38. The average Bonchev–Trinajstić information content (AvgIpc) is 3.73. The molecule has 11 heteroatoms. The lowest BCUT2D eigenvalue weighted by molar-refractivity contribution is -0.141. The van der Waals surface area contributed by atoms with Crippen molar-refractivity contribution in [2.45, 2.75) is 77.1 Å². The first-order valence-corrected chi connectivity index (χ1v) is 15.7. The van der Waals surface area contributed by atoms with Gasteiger partial charge in [-0.05, 0) is 56.8 Å². The van der Waals surface area contributed by atoms with Crippen molar-refractivity contribution < 1.29 is 19.2 Å². The number of carbonyl (C=O) groups excluding carboxylic acids is 2. The number of aliphatic hydroxyl groups is 1. The molecule has 2 saturated heterocycles. The van der Waals surface area contributed by atoms with E-state index < -0.39 is 18.1 Å². The second-order valence-electron chi connectivity index (χ2n) is 11.9. The third-order valence-electron chi connectivity index (χ3n) is 8.61. The minimum absolute atomic E-state index is 0.0939. The molecule has 42 heavy (non-hydrogen) atoms. The van der Waals surface area contributed by atoms with E-state index in [4.69, 9.17) is 4.52 Å². The second kappa shape index (κ2) is 12.9. The highest BCUT2D eigenvalue weighted by atomic mass is 32.1. The fourth-order valence-electron chi connectivity index (χ4n) is 6.09. The van der Waals surface area contributed by atoms with Crippen molar-refractivity contribution in [1.29, 1.82) is 0 Å². The van der Waals surface area contributed by atoms with E-state index in [1.165, 1.54) is 4.90 Å². The Kier molecular flexibility index (Phi) is 9.29. The Morgan fingerprint density at radius 1 is 1.19 bits per heavy atom. The van der Waals surface area contributed by atoms with Crippen LogP contribution in [0.2, 0.25) is 0 Å². The van der Waals surface area contributed by atoms with E-state index in [0.29, 0.717) is 17.6 Å². The van der Waals surface area contributed by atoms with Gasteiger partial charge in [-0.1, -0.05) is 43.3 Å². The predicted molar refractivity (Wildman–Crippen MR) is 163 cm³/mol. The zero-order valence-corrected chi connectivity index (χ0v) is 25.9. The van der Waals surface area contributed by atoms with Crippen LogP contribution in [0.15, 0.2) is 40.4 Å². The number of benzene rings is 1. The summed E-state index contributed by atoms with van der Waals surface area (Å²) in [5.41, 5.74) is 4.88. The highest BCUT2D eigenvalue weighted by Gasteiger charge is 2.43. The minimum Gasteiger partial charge on any atom is -0.391 e. The molecule has 0 bridgehead atoms. The zero-order chi connectivity index (χ0) is 30.0. The third-order valence-corrected chi connectivity index (χ3v) is 9.59. The van der Waals surface area contributed by atoms with Crippen LogP contribution in [0.1, 0.15) is 69.0 Å². The predicted octanol–water partition coefficient (Wildman–Crippen LogP) is 3.87. The van der Waals surface area contributed by atoms with Gasteiger partial charge >= 0.3 is 0 Å². The number of anilines is 1. The number of amides is 2. The zero-order valence-electron chi connectivity index (χ0n) is 25.0. The molecule has 0 unspecified atom stereocenters. The Hall–Kier alpha value is -3.28. The summed E-state index contributed by atoms with van der Waals surface area (Å²) in [6, 6.07) is 9.25. The Morgan fingerprint density at radius 3 is 2.55 bits per heavy atom. The van der Waals surface area contributed by atoms with Gasteiger partial charge in [0.15, 0.2) is 11.6 Å². The molecule has 4 atom stereocenters. The van der Waals surface area contributed by atoms with Gasteiger partial charge in [-0.3, -0.25) is 9.59 Å². The summed E-state index contributed by atoms with van der Waals surface area (Å²) >= 11 is 1.60. The molecular weight excluding hydrogens is 552 g/mol. The van der Waals surface area contributed by atoms with Crippen LogP contribution < -0.4 is 15.5 Å². The molecule has 2 aliphatic heterocycles. The van der Waals surface area contributed by atoms with Gasteiger partial charge in [-0.25, -0.2) is 4.98 Å². The normalized spacial score (nSPS) is 21.0. The van der Waals surface area contributed by atoms with Gasteiger partial charge in [0.2, 0.25) is 11.8 Å². The number of hydrogen-bond donors (Lipinski definition) is 3. The van der Waals surface area contributed by atoms with Gasteiger partial charge < -0.3 is 30.1 Å². The van der Waals surface area contributed by atoms with Crippen LogP contribution in [0, 0.1) is 12.8 Å². The van der Waals surface area contributed by atoms with Crippen LogP contribution in [0.4, 0.5) is 5.82 Å².